The fraction of sp³-hybridized carbons (Fsp3) is 0.400. The van der Waals surface area contributed by atoms with E-state index in [2.05, 4.69) is 30.0 Å². The van der Waals surface area contributed by atoms with Gasteiger partial charge in [-0.1, -0.05) is 25.1 Å². The van der Waals surface area contributed by atoms with Gasteiger partial charge in [0.2, 0.25) is 0 Å². The number of likely N-dealkylation sites (tertiary alicyclic amines) is 1. The second kappa shape index (κ2) is 7.14. The summed E-state index contributed by atoms with van der Waals surface area (Å²) in [6, 6.07) is 11.3. The third-order valence-corrected chi connectivity index (χ3v) is 4.63. The number of benzene rings is 2. The summed E-state index contributed by atoms with van der Waals surface area (Å²) in [4.78, 5) is 2.45. The van der Waals surface area contributed by atoms with Crippen LogP contribution in [-0.2, 0) is 13.0 Å². The summed E-state index contributed by atoms with van der Waals surface area (Å²) in [5.41, 5.74) is 4.11. The van der Waals surface area contributed by atoms with Gasteiger partial charge in [-0.05, 0) is 67.2 Å². The van der Waals surface area contributed by atoms with Crippen molar-refractivity contribution in [3.8, 4) is 16.9 Å². The maximum Gasteiger partial charge on any atom is 0.131 e. The zero-order valence-electron chi connectivity index (χ0n) is 13.9. The molecule has 3 heteroatoms. The Bertz CT molecular complexity index is 677. The highest BCUT2D eigenvalue weighted by molar-refractivity contribution is 5.70. The van der Waals surface area contributed by atoms with Gasteiger partial charge in [-0.3, -0.25) is 4.90 Å². The summed E-state index contributed by atoms with van der Waals surface area (Å²) in [5, 5.41) is 0. The van der Waals surface area contributed by atoms with Crippen molar-refractivity contribution in [3.63, 3.8) is 0 Å². The van der Waals surface area contributed by atoms with Gasteiger partial charge in [0.05, 0.1) is 7.11 Å². The minimum Gasteiger partial charge on any atom is -0.497 e. The molecule has 3 rings (SSSR count). The number of halogens is 1. The van der Waals surface area contributed by atoms with Gasteiger partial charge in [0, 0.05) is 12.1 Å². The molecule has 0 atom stereocenters. The lowest BCUT2D eigenvalue weighted by atomic mass is 9.95. The highest BCUT2D eigenvalue weighted by Crippen LogP contribution is 2.31. The molecule has 0 saturated carbocycles. The van der Waals surface area contributed by atoms with Gasteiger partial charge in [-0.25, -0.2) is 4.39 Å². The van der Waals surface area contributed by atoms with E-state index in [1.165, 1.54) is 30.0 Å². The van der Waals surface area contributed by atoms with Crippen LogP contribution in [0.5, 0.6) is 5.75 Å². The molecule has 122 valence electrons. The third-order valence-electron chi connectivity index (χ3n) is 4.63. The number of hydrogen-bond acceptors (Lipinski definition) is 2. The van der Waals surface area contributed by atoms with Crippen LogP contribution in [0, 0.1) is 5.82 Å². The van der Waals surface area contributed by atoms with Crippen molar-refractivity contribution in [1.29, 1.82) is 0 Å². The molecule has 0 bridgehead atoms. The first-order valence-electron chi connectivity index (χ1n) is 8.39. The van der Waals surface area contributed by atoms with E-state index >= 15 is 0 Å². The Morgan fingerprint density at radius 3 is 2.52 bits per heavy atom. The van der Waals surface area contributed by atoms with Gasteiger partial charge in [-0.2, -0.15) is 0 Å². The number of nitrogens with zero attached hydrogens (tertiary/aromatic N) is 1. The maximum atomic E-state index is 14.4. The second-order valence-electron chi connectivity index (χ2n) is 6.17. The largest absolute Gasteiger partial charge is 0.497 e. The van der Waals surface area contributed by atoms with Crippen LogP contribution in [0.25, 0.3) is 11.1 Å². The topological polar surface area (TPSA) is 12.5 Å². The fourth-order valence-corrected chi connectivity index (χ4v) is 3.28. The first kappa shape index (κ1) is 16.0. The maximum absolute atomic E-state index is 14.4. The van der Waals surface area contributed by atoms with Crippen molar-refractivity contribution in [2.45, 2.75) is 32.7 Å². The molecule has 0 amide bonds. The van der Waals surface area contributed by atoms with E-state index in [9.17, 15) is 4.39 Å². The molecular formula is C20H24FNO. The van der Waals surface area contributed by atoms with Gasteiger partial charge >= 0.3 is 0 Å². The molecule has 0 unspecified atom stereocenters. The van der Waals surface area contributed by atoms with E-state index in [4.69, 9.17) is 4.74 Å². The summed E-state index contributed by atoms with van der Waals surface area (Å²) in [5.74, 6) is 0.491. The summed E-state index contributed by atoms with van der Waals surface area (Å²) >= 11 is 0. The van der Waals surface area contributed by atoms with Gasteiger partial charge in [0.25, 0.3) is 0 Å². The third kappa shape index (κ3) is 3.56. The molecule has 2 nitrogen and oxygen atoms in total. The Hall–Kier alpha value is -1.87. The first-order valence-corrected chi connectivity index (χ1v) is 8.39. The van der Waals surface area contributed by atoms with Gasteiger partial charge in [0.1, 0.15) is 11.6 Å². The van der Waals surface area contributed by atoms with Crippen LogP contribution < -0.4 is 4.74 Å². The Kier molecular flexibility index (Phi) is 4.97. The van der Waals surface area contributed by atoms with Gasteiger partial charge < -0.3 is 4.74 Å². The van der Waals surface area contributed by atoms with Crippen molar-refractivity contribution in [2.24, 2.45) is 0 Å². The highest BCUT2D eigenvalue weighted by Gasteiger charge is 2.17. The van der Waals surface area contributed by atoms with Crippen molar-refractivity contribution in [2.75, 3.05) is 20.2 Å². The molecule has 0 radical (unpaired) electrons. The van der Waals surface area contributed by atoms with Crippen molar-refractivity contribution in [1.82, 2.24) is 4.90 Å². The quantitative estimate of drug-likeness (QED) is 0.796. The Labute approximate surface area is 137 Å². The molecule has 1 saturated heterocycles. The van der Waals surface area contributed by atoms with E-state index in [1.54, 1.807) is 19.2 Å². The molecule has 1 aliphatic heterocycles. The average Bonchev–Trinajstić information content (AvgIpc) is 3.08. The molecule has 0 N–H and O–H groups in total. The average molecular weight is 313 g/mol. The summed E-state index contributed by atoms with van der Waals surface area (Å²) in [6.07, 6.45) is 3.51. The first-order chi connectivity index (χ1) is 11.2. The van der Waals surface area contributed by atoms with E-state index in [0.717, 1.165) is 31.6 Å². The predicted molar refractivity (Wildman–Crippen MR) is 92.3 cm³/mol. The van der Waals surface area contributed by atoms with E-state index in [1.807, 2.05) is 0 Å². The lowest BCUT2D eigenvalue weighted by Gasteiger charge is -2.19. The summed E-state index contributed by atoms with van der Waals surface area (Å²) < 4.78 is 19.7. The number of methoxy groups -OCH3 is 1. The Balaban J connectivity index is 2.03. The van der Waals surface area contributed by atoms with Crippen LogP contribution in [0.15, 0.2) is 36.4 Å². The van der Waals surface area contributed by atoms with E-state index < -0.39 is 0 Å². The molecule has 0 aliphatic carbocycles. The molecule has 1 aliphatic rings. The second-order valence-corrected chi connectivity index (χ2v) is 6.17. The number of aryl methyl sites for hydroxylation is 1. The molecule has 2 aromatic rings. The van der Waals surface area contributed by atoms with Gasteiger partial charge in [0.15, 0.2) is 0 Å². The lowest BCUT2D eigenvalue weighted by Crippen LogP contribution is -2.19. The molecule has 23 heavy (non-hydrogen) atoms. The lowest BCUT2D eigenvalue weighted by molar-refractivity contribution is 0.331. The molecule has 1 heterocycles. The number of rotatable bonds is 5. The SMILES string of the molecule is CCc1ccc(-c2cc(OC)ccc2F)c(CN2CCCC2)c1. The molecule has 1 fully saturated rings. The fourth-order valence-electron chi connectivity index (χ4n) is 3.28. The monoisotopic (exact) mass is 313 g/mol. The zero-order valence-corrected chi connectivity index (χ0v) is 13.9. The number of ether oxygens (including phenoxy) is 1. The van der Waals surface area contributed by atoms with E-state index in [-0.39, 0.29) is 5.82 Å². The normalized spacial score (nSPS) is 15.1. The minimum absolute atomic E-state index is 0.197. The zero-order chi connectivity index (χ0) is 16.2. The summed E-state index contributed by atoms with van der Waals surface area (Å²) in [6.45, 7) is 5.31. The van der Waals surface area contributed by atoms with Crippen molar-refractivity contribution >= 4 is 0 Å². The Morgan fingerprint density at radius 2 is 1.83 bits per heavy atom. The predicted octanol–water partition coefficient (Wildman–Crippen LogP) is 4.66. The van der Waals surface area contributed by atoms with Crippen LogP contribution in [-0.4, -0.2) is 25.1 Å². The van der Waals surface area contributed by atoms with Crippen molar-refractivity contribution < 1.29 is 9.13 Å². The van der Waals surface area contributed by atoms with Crippen LogP contribution in [0.1, 0.15) is 30.9 Å². The van der Waals surface area contributed by atoms with Crippen molar-refractivity contribution in [3.05, 3.63) is 53.3 Å². The van der Waals surface area contributed by atoms with E-state index in [0.29, 0.717) is 11.3 Å². The molecule has 0 spiro atoms. The van der Waals surface area contributed by atoms with Crippen LogP contribution >= 0.6 is 0 Å². The van der Waals surface area contributed by atoms with Gasteiger partial charge in [-0.15, -0.1) is 0 Å². The standard InChI is InChI=1S/C20H24FNO/c1-3-15-6-8-18(16(12-15)14-22-10-4-5-11-22)19-13-17(23-2)7-9-20(19)21/h6-9,12-13H,3-5,10-11,14H2,1-2H3. The van der Waals surface area contributed by atoms with Crippen LogP contribution in [0.3, 0.4) is 0 Å². The number of hydrogen-bond donors (Lipinski definition) is 0. The Morgan fingerprint density at radius 1 is 1.04 bits per heavy atom. The highest BCUT2D eigenvalue weighted by atomic mass is 19.1. The minimum atomic E-state index is -0.197. The molecule has 2 aromatic carbocycles. The molecule has 0 aromatic heterocycles. The molecular weight excluding hydrogens is 289 g/mol. The van der Waals surface area contributed by atoms with Crippen LogP contribution in [0.4, 0.5) is 4.39 Å². The summed E-state index contributed by atoms with van der Waals surface area (Å²) in [7, 11) is 1.61. The van der Waals surface area contributed by atoms with Crippen LogP contribution in [0.2, 0.25) is 0 Å². The smallest absolute Gasteiger partial charge is 0.131 e.